The van der Waals surface area contributed by atoms with Crippen molar-refractivity contribution in [2.75, 3.05) is 0 Å². The second-order valence-corrected chi connectivity index (χ2v) is 18.0. The van der Waals surface area contributed by atoms with Crippen LogP contribution in [0.25, 0.3) is 0 Å². The highest BCUT2D eigenvalue weighted by molar-refractivity contribution is 7.86. The molecule has 0 heterocycles. The molecule has 0 amide bonds. The summed E-state index contributed by atoms with van der Waals surface area (Å²) < 4.78 is 30.3. The second kappa shape index (κ2) is 8.23. The van der Waals surface area contributed by atoms with Gasteiger partial charge in [0, 0.05) is 23.7 Å². The second-order valence-electron chi connectivity index (χ2n) is 10.0. The number of hydrogen-bond donors (Lipinski definition) is 2. The topological polar surface area (TPSA) is 91.7 Å². The van der Waals surface area contributed by atoms with Crippen LogP contribution in [0.2, 0.25) is 0 Å². The molecule has 8 atom stereocenters. The van der Waals surface area contributed by atoms with Crippen molar-refractivity contribution in [3.63, 3.8) is 0 Å². The smallest absolute Gasteiger partial charge is 0.337 e. The molecule has 2 N–H and O–H groups in total. The SMILES string of the molecule is O=C(O)c1cc2c(cc1S(=O)(=O)O)[C@@H]1[C@@H]([C@@H]3[C@@H]2[C@]2(Cl)C(Cl)=C(Cl)[C@]3(Cl)C2(Cl)Cl)[C@]2(Cl)C(Cl)=C(Cl)[C@]1(Cl)C2(Cl)Cl. The first kappa shape index (κ1) is 30.6. The van der Waals surface area contributed by atoms with Gasteiger partial charge in [0.1, 0.15) is 24.4 Å². The number of rotatable bonds is 2. The van der Waals surface area contributed by atoms with Crippen molar-refractivity contribution in [2.45, 2.75) is 44.9 Å². The Balaban J connectivity index is 1.84. The average molecular weight is 798 g/mol. The highest BCUT2D eigenvalue weighted by atomic mass is 35.5. The molecule has 2 fully saturated rings. The van der Waals surface area contributed by atoms with Gasteiger partial charge in [0.2, 0.25) is 0 Å². The number of allylic oxidation sites excluding steroid dienone is 4. The van der Waals surface area contributed by atoms with Gasteiger partial charge in [0.15, 0.2) is 8.67 Å². The lowest BCUT2D eigenvalue weighted by Gasteiger charge is -2.52. The molecule has 5 nitrogen and oxygen atoms in total. The fraction of sp³-hybridized carbons (Fsp3) is 0.476. The maximum Gasteiger partial charge on any atom is 0.337 e. The van der Waals surface area contributed by atoms with Crippen LogP contribution >= 0.6 is 139 Å². The number of carboxylic acid groups (broad SMARTS) is 1. The maximum atomic E-state index is 12.3. The molecular weight excluding hydrogens is 790 g/mol. The van der Waals surface area contributed by atoms with E-state index < -0.39 is 78.4 Å². The van der Waals surface area contributed by atoms with Gasteiger partial charge in [-0.3, -0.25) is 4.55 Å². The van der Waals surface area contributed by atoms with Crippen molar-refractivity contribution in [2.24, 2.45) is 11.8 Å². The minimum Gasteiger partial charge on any atom is -0.478 e. The van der Waals surface area contributed by atoms with Crippen LogP contribution in [0.3, 0.4) is 0 Å². The molecule has 0 radical (unpaired) electrons. The molecule has 39 heavy (non-hydrogen) atoms. The summed E-state index contributed by atoms with van der Waals surface area (Å²) in [6.07, 6.45) is 0. The predicted octanol–water partition coefficient (Wildman–Crippen LogP) is 8.74. The molecule has 0 aliphatic heterocycles. The van der Waals surface area contributed by atoms with Gasteiger partial charge in [-0.15, -0.1) is 46.4 Å². The summed E-state index contributed by atoms with van der Waals surface area (Å²) in [6, 6.07) is 1.92. The third-order valence-electron chi connectivity index (χ3n) is 8.74. The quantitative estimate of drug-likeness (QED) is 0.231. The van der Waals surface area contributed by atoms with Crippen LogP contribution in [-0.2, 0) is 10.1 Å². The van der Waals surface area contributed by atoms with Crippen molar-refractivity contribution in [1.29, 1.82) is 0 Å². The van der Waals surface area contributed by atoms with E-state index >= 15 is 0 Å². The average Bonchev–Trinajstić information content (AvgIpc) is 3.16. The summed E-state index contributed by atoms with van der Waals surface area (Å²) in [5.74, 6) is -6.33. The first-order chi connectivity index (χ1) is 17.5. The minimum absolute atomic E-state index is 0.0296. The largest absolute Gasteiger partial charge is 0.478 e. The van der Waals surface area contributed by atoms with Crippen molar-refractivity contribution < 1.29 is 22.9 Å². The lowest BCUT2D eigenvalue weighted by molar-refractivity contribution is 0.0691. The zero-order valence-electron chi connectivity index (χ0n) is 18.0. The van der Waals surface area contributed by atoms with E-state index in [2.05, 4.69) is 0 Å². The van der Waals surface area contributed by atoms with Gasteiger partial charge >= 0.3 is 5.97 Å². The zero-order chi connectivity index (χ0) is 29.4. The summed E-state index contributed by atoms with van der Waals surface area (Å²) in [4.78, 5) is 3.26. The van der Waals surface area contributed by atoms with Gasteiger partial charge in [0.05, 0.1) is 25.7 Å². The van der Waals surface area contributed by atoms with E-state index in [-0.39, 0.29) is 31.3 Å². The minimum atomic E-state index is -5.11. The van der Waals surface area contributed by atoms with Crippen LogP contribution in [0.5, 0.6) is 0 Å². The van der Waals surface area contributed by atoms with Crippen molar-refractivity contribution in [1.82, 2.24) is 0 Å². The molecule has 1 aromatic carbocycles. The van der Waals surface area contributed by atoms with Gasteiger partial charge < -0.3 is 5.11 Å². The first-order valence-corrected chi connectivity index (χ1v) is 16.5. The Morgan fingerprint density at radius 2 is 1.00 bits per heavy atom. The molecule has 5 aliphatic carbocycles. The number of carbonyl (C=O) groups is 1. The van der Waals surface area contributed by atoms with Gasteiger partial charge in [-0.05, 0) is 23.3 Å². The normalized spacial score (nSPS) is 44.5. The Bertz CT molecular complexity index is 1620. The van der Waals surface area contributed by atoms with Crippen LogP contribution < -0.4 is 0 Å². The number of alkyl halides is 8. The Morgan fingerprint density at radius 3 is 1.33 bits per heavy atom. The fourth-order valence-electron chi connectivity index (χ4n) is 7.31. The van der Waals surface area contributed by atoms with Gasteiger partial charge in [-0.25, -0.2) is 4.79 Å². The zero-order valence-corrected chi connectivity index (χ0v) is 27.9. The lowest BCUT2D eigenvalue weighted by atomic mass is 9.57. The predicted molar refractivity (Wildman–Crippen MR) is 156 cm³/mol. The monoisotopic (exact) mass is 792 g/mol. The van der Waals surface area contributed by atoms with Gasteiger partial charge in [0.25, 0.3) is 10.1 Å². The van der Waals surface area contributed by atoms with E-state index in [1.807, 2.05) is 0 Å². The number of aromatic carboxylic acids is 1. The van der Waals surface area contributed by atoms with Crippen molar-refractivity contribution >= 4 is 155 Å². The summed E-state index contributed by atoms with van der Waals surface area (Å²) >= 11 is 82.7. The summed E-state index contributed by atoms with van der Waals surface area (Å²) in [5, 5.41) is 9.02. The number of halogens is 12. The highest BCUT2D eigenvalue weighted by Crippen LogP contribution is 2.88. The van der Waals surface area contributed by atoms with Crippen LogP contribution in [0.15, 0.2) is 37.2 Å². The van der Waals surface area contributed by atoms with Crippen LogP contribution in [0.1, 0.15) is 33.3 Å². The Labute approximate surface area is 281 Å². The number of hydrogen-bond acceptors (Lipinski definition) is 3. The molecule has 0 unspecified atom stereocenters. The molecule has 0 aromatic heterocycles. The van der Waals surface area contributed by atoms with Crippen LogP contribution in [0, 0.1) is 11.8 Å². The molecule has 6 rings (SSSR count). The Kier molecular flexibility index (Phi) is 6.45. The van der Waals surface area contributed by atoms with E-state index in [1.54, 1.807) is 0 Å². The van der Waals surface area contributed by atoms with Crippen LogP contribution in [0.4, 0.5) is 0 Å². The third kappa shape index (κ3) is 2.87. The summed E-state index contributed by atoms with van der Waals surface area (Å²) in [6.45, 7) is 0. The molecule has 4 bridgehead atoms. The molecule has 1 aromatic rings. The number of fused-ring (bicyclic) bond motifs is 14. The maximum absolute atomic E-state index is 12.3. The molecule has 0 saturated heterocycles. The summed E-state index contributed by atoms with van der Waals surface area (Å²) in [7, 11) is -5.11. The molecule has 2 saturated carbocycles. The molecule has 18 heteroatoms. The summed E-state index contributed by atoms with van der Waals surface area (Å²) in [5.41, 5.74) is -0.688. The lowest BCUT2D eigenvalue weighted by Crippen LogP contribution is -2.53. The van der Waals surface area contributed by atoms with Crippen LogP contribution in [-0.4, -0.2) is 52.2 Å². The van der Waals surface area contributed by atoms with Crippen molar-refractivity contribution in [3.05, 3.63) is 49.0 Å². The highest BCUT2D eigenvalue weighted by Gasteiger charge is 2.91. The van der Waals surface area contributed by atoms with Gasteiger partial charge in [-0.1, -0.05) is 92.8 Å². The Hall–Kier alpha value is 1.56. The van der Waals surface area contributed by atoms with E-state index in [9.17, 15) is 22.9 Å². The van der Waals surface area contributed by atoms with Gasteiger partial charge in [-0.2, -0.15) is 8.42 Å². The molecular formula is C21H8Cl12O5S. The Morgan fingerprint density at radius 1 is 0.667 bits per heavy atom. The number of carboxylic acids is 1. The standard InChI is InChI=1S/C21H8Cl12O5S/c22-11-13(24)18(28)9-7(16(11,26)20(18,30)31)3-1-5(15(34)35)6(39(36,37)38)2-4(3)8-10(9)19(29)14(25)12(23)17(8,27)21(19,32)33/h1-2,7-10H,(H,34,35)(H,36,37,38)/t7-,8-,9+,10+,16+,17+,18+,19+/m1/s1. The van der Waals surface area contributed by atoms with Crippen molar-refractivity contribution in [3.8, 4) is 0 Å². The van der Waals surface area contributed by atoms with E-state index in [1.165, 1.54) is 0 Å². The molecule has 0 spiro atoms. The third-order valence-corrected chi connectivity index (χ3v) is 18.2. The molecule has 5 aliphatic rings. The molecule has 212 valence electrons. The van der Waals surface area contributed by atoms with E-state index in [0.717, 1.165) is 12.1 Å². The van der Waals surface area contributed by atoms with E-state index in [0.29, 0.717) is 0 Å². The first-order valence-electron chi connectivity index (χ1n) is 10.6. The van der Waals surface area contributed by atoms with E-state index in [4.69, 9.17) is 139 Å². The fourth-order valence-corrected chi connectivity index (χ4v) is 14.1. The number of benzene rings is 1.